The molecule has 6 heteroatoms. The van der Waals surface area contributed by atoms with E-state index in [2.05, 4.69) is 5.32 Å². The lowest BCUT2D eigenvalue weighted by Crippen LogP contribution is -2.62. The van der Waals surface area contributed by atoms with Crippen molar-refractivity contribution in [3.8, 4) is 11.5 Å². The highest BCUT2D eigenvalue weighted by Crippen LogP contribution is 2.43. The summed E-state index contributed by atoms with van der Waals surface area (Å²) in [7, 11) is 3.13. The second kappa shape index (κ2) is 6.14. The van der Waals surface area contributed by atoms with Crippen molar-refractivity contribution in [3.63, 3.8) is 0 Å². The number of nitrogens with one attached hydrogen (secondary N) is 1. The molecule has 0 bridgehead atoms. The summed E-state index contributed by atoms with van der Waals surface area (Å²) in [6.45, 7) is 1.31. The fourth-order valence-electron chi connectivity index (χ4n) is 3.50. The van der Waals surface area contributed by atoms with Crippen LogP contribution in [0.15, 0.2) is 18.2 Å². The van der Waals surface area contributed by atoms with Crippen molar-refractivity contribution in [2.75, 3.05) is 27.4 Å². The van der Waals surface area contributed by atoms with Crippen LogP contribution in [0, 0.1) is 11.8 Å². The van der Waals surface area contributed by atoms with Crippen molar-refractivity contribution in [1.82, 2.24) is 5.32 Å². The SMILES string of the molecule is COC[C@@H]1[C@H](NC(=O)c2ccc(OC)c(O)c2)[C@@H]2CCO[C@H]12. The lowest BCUT2D eigenvalue weighted by molar-refractivity contribution is -0.0809. The van der Waals surface area contributed by atoms with E-state index < -0.39 is 0 Å². The molecule has 2 fully saturated rings. The molecule has 1 saturated carbocycles. The minimum absolute atomic E-state index is 0.0423. The Morgan fingerprint density at radius 3 is 2.95 bits per heavy atom. The number of amides is 1. The van der Waals surface area contributed by atoms with Gasteiger partial charge in [-0.05, 0) is 24.6 Å². The third kappa shape index (κ3) is 2.53. The molecule has 3 rings (SSSR count). The van der Waals surface area contributed by atoms with E-state index in [9.17, 15) is 9.90 Å². The summed E-state index contributed by atoms with van der Waals surface area (Å²) < 4.78 is 15.9. The van der Waals surface area contributed by atoms with E-state index in [1.165, 1.54) is 13.2 Å². The Kier molecular flexibility index (Phi) is 4.22. The molecule has 1 aromatic rings. The average Bonchev–Trinajstić information content (AvgIpc) is 2.94. The Labute approximate surface area is 129 Å². The lowest BCUT2D eigenvalue weighted by Gasteiger charge is -2.47. The number of methoxy groups -OCH3 is 2. The molecule has 2 N–H and O–H groups in total. The number of phenolic OH excluding ortho intramolecular Hbond substituents is 1. The Balaban J connectivity index is 1.69. The van der Waals surface area contributed by atoms with E-state index >= 15 is 0 Å². The van der Waals surface area contributed by atoms with Gasteiger partial charge in [-0.3, -0.25) is 4.79 Å². The molecule has 0 unspecified atom stereocenters. The summed E-state index contributed by atoms with van der Waals surface area (Å²) in [5, 5.41) is 12.8. The number of benzene rings is 1. The zero-order valence-electron chi connectivity index (χ0n) is 12.7. The fourth-order valence-corrected chi connectivity index (χ4v) is 3.50. The van der Waals surface area contributed by atoms with E-state index in [4.69, 9.17) is 14.2 Å². The predicted molar refractivity (Wildman–Crippen MR) is 79.1 cm³/mol. The lowest BCUT2D eigenvalue weighted by atomic mass is 9.67. The van der Waals surface area contributed by atoms with Crippen LogP contribution in [0.3, 0.4) is 0 Å². The molecule has 6 nitrogen and oxygen atoms in total. The van der Waals surface area contributed by atoms with Gasteiger partial charge in [0.2, 0.25) is 0 Å². The first kappa shape index (κ1) is 15.1. The van der Waals surface area contributed by atoms with Gasteiger partial charge in [-0.15, -0.1) is 0 Å². The molecule has 22 heavy (non-hydrogen) atoms. The number of rotatable bonds is 5. The minimum atomic E-state index is -0.200. The molecule has 2 aliphatic rings. The van der Waals surface area contributed by atoms with E-state index in [1.54, 1.807) is 19.2 Å². The van der Waals surface area contributed by atoms with Crippen molar-refractivity contribution in [2.45, 2.75) is 18.6 Å². The maximum absolute atomic E-state index is 12.4. The number of carbonyl (C=O) groups excluding carboxylic acids is 1. The molecule has 0 spiro atoms. The number of fused-ring (bicyclic) bond motifs is 1. The van der Waals surface area contributed by atoms with Crippen LogP contribution in [0.2, 0.25) is 0 Å². The van der Waals surface area contributed by atoms with Gasteiger partial charge >= 0.3 is 0 Å². The first-order valence-electron chi connectivity index (χ1n) is 7.44. The van der Waals surface area contributed by atoms with Gasteiger partial charge in [0.05, 0.1) is 19.8 Å². The van der Waals surface area contributed by atoms with Crippen molar-refractivity contribution in [2.24, 2.45) is 11.8 Å². The van der Waals surface area contributed by atoms with Gasteiger partial charge in [-0.1, -0.05) is 0 Å². The Bertz CT molecular complexity index is 561. The number of aromatic hydroxyl groups is 1. The summed E-state index contributed by atoms with van der Waals surface area (Å²) in [6, 6.07) is 4.70. The summed E-state index contributed by atoms with van der Waals surface area (Å²) in [6.07, 6.45) is 1.15. The van der Waals surface area contributed by atoms with Gasteiger partial charge in [0.1, 0.15) is 0 Å². The highest BCUT2D eigenvalue weighted by Gasteiger charge is 2.54. The molecule has 4 atom stereocenters. The summed E-state index contributed by atoms with van der Waals surface area (Å²) in [5.74, 6) is 0.652. The third-order valence-corrected chi connectivity index (χ3v) is 4.63. The molecule has 1 amide bonds. The Hall–Kier alpha value is -1.79. The van der Waals surface area contributed by atoms with E-state index in [0.717, 1.165) is 13.0 Å². The van der Waals surface area contributed by atoms with Crippen LogP contribution in [0.4, 0.5) is 0 Å². The smallest absolute Gasteiger partial charge is 0.251 e. The standard InChI is InChI=1S/C16H21NO5/c1-20-8-11-14(10-5-6-22-15(10)11)17-16(19)9-3-4-13(21-2)12(18)7-9/h3-4,7,10-11,14-15,18H,5-6,8H2,1-2H3,(H,17,19)/t10-,11+,14+,15-/m0/s1. The first-order valence-corrected chi connectivity index (χ1v) is 7.44. The molecule has 120 valence electrons. The number of hydrogen-bond donors (Lipinski definition) is 2. The highest BCUT2D eigenvalue weighted by molar-refractivity contribution is 5.95. The fraction of sp³-hybridized carbons (Fsp3) is 0.562. The largest absolute Gasteiger partial charge is 0.504 e. The molecule has 1 aromatic carbocycles. The summed E-state index contributed by atoms with van der Waals surface area (Å²) in [5.41, 5.74) is 0.414. The van der Waals surface area contributed by atoms with Crippen LogP contribution in [-0.2, 0) is 9.47 Å². The molecule has 1 aliphatic carbocycles. The number of hydrogen-bond acceptors (Lipinski definition) is 5. The average molecular weight is 307 g/mol. The molecule has 1 heterocycles. The summed E-state index contributed by atoms with van der Waals surface area (Å²) in [4.78, 5) is 12.4. The molecule has 1 saturated heterocycles. The highest BCUT2D eigenvalue weighted by atomic mass is 16.5. The molecular weight excluding hydrogens is 286 g/mol. The number of phenols is 1. The molecular formula is C16H21NO5. The second-order valence-corrected chi connectivity index (χ2v) is 5.79. The maximum atomic E-state index is 12.4. The monoisotopic (exact) mass is 307 g/mol. The quantitative estimate of drug-likeness (QED) is 0.854. The first-order chi connectivity index (χ1) is 10.7. The molecule has 1 aliphatic heterocycles. The minimum Gasteiger partial charge on any atom is -0.504 e. The van der Waals surface area contributed by atoms with Gasteiger partial charge in [-0.2, -0.15) is 0 Å². The zero-order valence-corrected chi connectivity index (χ0v) is 12.7. The molecule has 0 radical (unpaired) electrons. The normalized spacial score (nSPS) is 29.5. The topological polar surface area (TPSA) is 77.0 Å². The van der Waals surface area contributed by atoms with Crippen LogP contribution in [0.5, 0.6) is 11.5 Å². The maximum Gasteiger partial charge on any atom is 0.251 e. The molecule has 0 aromatic heterocycles. The zero-order chi connectivity index (χ0) is 15.7. The van der Waals surface area contributed by atoms with Crippen LogP contribution in [0.1, 0.15) is 16.8 Å². The van der Waals surface area contributed by atoms with Gasteiger partial charge in [0.15, 0.2) is 11.5 Å². The number of carbonyl (C=O) groups is 1. The van der Waals surface area contributed by atoms with E-state index in [-0.39, 0.29) is 29.7 Å². The van der Waals surface area contributed by atoms with Crippen LogP contribution >= 0.6 is 0 Å². The predicted octanol–water partition coefficient (Wildman–Crippen LogP) is 1.18. The van der Waals surface area contributed by atoms with Crippen LogP contribution < -0.4 is 10.1 Å². The van der Waals surface area contributed by atoms with Gasteiger partial charge in [0.25, 0.3) is 5.91 Å². The van der Waals surface area contributed by atoms with Crippen molar-refractivity contribution >= 4 is 5.91 Å². The second-order valence-electron chi connectivity index (χ2n) is 5.79. The van der Waals surface area contributed by atoms with Crippen molar-refractivity contribution in [3.05, 3.63) is 23.8 Å². The van der Waals surface area contributed by atoms with Gasteiger partial charge < -0.3 is 24.6 Å². The third-order valence-electron chi connectivity index (χ3n) is 4.63. The summed E-state index contributed by atoms with van der Waals surface area (Å²) >= 11 is 0. The number of ether oxygens (including phenoxy) is 3. The Morgan fingerprint density at radius 2 is 2.27 bits per heavy atom. The van der Waals surface area contributed by atoms with E-state index in [1.807, 2.05) is 0 Å². The van der Waals surface area contributed by atoms with Gasteiger partial charge in [0, 0.05) is 37.2 Å². The van der Waals surface area contributed by atoms with E-state index in [0.29, 0.717) is 23.8 Å². The van der Waals surface area contributed by atoms with Gasteiger partial charge in [-0.25, -0.2) is 0 Å². The van der Waals surface area contributed by atoms with Crippen molar-refractivity contribution in [1.29, 1.82) is 0 Å². The Morgan fingerprint density at radius 1 is 1.45 bits per heavy atom. The van der Waals surface area contributed by atoms with Crippen molar-refractivity contribution < 1.29 is 24.1 Å². The van der Waals surface area contributed by atoms with Crippen LogP contribution in [0.25, 0.3) is 0 Å². The van der Waals surface area contributed by atoms with Crippen LogP contribution in [-0.4, -0.2) is 50.6 Å².